The van der Waals surface area contributed by atoms with Gasteiger partial charge in [0.2, 0.25) is 5.91 Å². The number of ether oxygens (including phenoxy) is 1. The third-order valence-corrected chi connectivity index (χ3v) is 5.79. The van der Waals surface area contributed by atoms with Gasteiger partial charge in [0, 0.05) is 32.6 Å². The van der Waals surface area contributed by atoms with Crippen molar-refractivity contribution in [2.75, 3.05) is 32.8 Å². The van der Waals surface area contributed by atoms with Gasteiger partial charge in [-0.05, 0) is 25.2 Å². The van der Waals surface area contributed by atoms with Crippen LogP contribution in [0.3, 0.4) is 0 Å². The summed E-state index contributed by atoms with van der Waals surface area (Å²) >= 11 is 0. The molecule has 29 heavy (non-hydrogen) atoms. The summed E-state index contributed by atoms with van der Waals surface area (Å²) in [4.78, 5) is 31.4. The fourth-order valence-electron chi connectivity index (χ4n) is 4.18. The van der Waals surface area contributed by atoms with Crippen molar-refractivity contribution in [2.24, 2.45) is 5.92 Å². The molecule has 8 nitrogen and oxygen atoms in total. The van der Waals surface area contributed by atoms with Gasteiger partial charge in [0.25, 0.3) is 0 Å². The van der Waals surface area contributed by atoms with Crippen LogP contribution in [0.1, 0.15) is 30.8 Å². The molecule has 0 unspecified atom stereocenters. The first-order valence-electron chi connectivity index (χ1n) is 9.76. The maximum absolute atomic E-state index is 12.8. The topological polar surface area (TPSA) is 87.9 Å². The lowest BCUT2D eigenvalue weighted by Gasteiger charge is -2.43. The van der Waals surface area contributed by atoms with Crippen molar-refractivity contribution in [2.45, 2.75) is 44.0 Å². The summed E-state index contributed by atoms with van der Waals surface area (Å²) < 4.78 is 48.3. The second-order valence-corrected chi connectivity index (χ2v) is 7.80. The molecule has 4 heterocycles. The maximum atomic E-state index is 12.8. The molecule has 3 saturated heterocycles. The SMILES string of the molecule is O=C1CO[C@H]2CCN(C(=O)N3CCC(Cc4nc(C(F)(F)F)co4)CC3)C[C@H]2N1. The Morgan fingerprint density at radius 1 is 1.21 bits per heavy atom. The average molecular weight is 416 g/mol. The highest BCUT2D eigenvalue weighted by Gasteiger charge is 2.38. The van der Waals surface area contributed by atoms with E-state index in [0.717, 1.165) is 0 Å². The smallest absolute Gasteiger partial charge is 0.436 e. The minimum atomic E-state index is -4.51. The first-order chi connectivity index (χ1) is 13.8. The Morgan fingerprint density at radius 2 is 1.93 bits per heavy atom. The van der Waals surface area contributed by atoms with E-state index in [-0.39, 0.29) is 42.5 Å². The molecule has 3 amide bonds. The summed E-state index contributed by atoms with van der Waals surface area (Å²) in [6.07, 6.45) is -1.55. The van der Waals surface area contributed by atoms with Crippen molar-refractivity contribution in [3.63, 3.8) is 0 Å². The number of urea groups is 1. The second-order valence-electron chi connectivity index (χ2n) is 7.80. The molecule has 4 rings (SSSR count). The summed E-state index contributed by atoms with van der Waals surface area (Å²) in [5.41, 5.74) is -1.01. The number of carbonyl (C=O) groups is 2. The van der Waals surface area contributed by atoms with Crippen LogP contribution in [0.2, 0.25) is 0 Å². The molecule has 0 aliphatic carbocycles. The number of amides is 3. The normalized spacial score (nSPS) is 26.2. The highest BCUT2D eigenvalue weighted by Crippen LogP contribution is 2.30. The monoisotopic (exact) mass is 416 g/mol. The van der Waals surface area contributed by atoms with Gasteiger partial charge in [-0.1, -0.05) is 0 Å². The number of hydrogen-bond acceptors (Lipinski definition) is 5. The van der Waals surface area contributed by atoms with Gasteiger partial charge in [-0.15, -0.1) is 0 Å². The minimum absolute atomic E-state index is 0.0510. The Bertz CT molecular complexity index is 761. The predicted octanol–water partition coefficient (Wildman–Crippen LogP) is 1.66. The lowest BCUT2D eigenvalue weighted by atomic mass is 9.93. The van der Waals surface area contributed by atoms with E-state index in [4.69, 9.17) is 9.15 Å². The van der Waals surface area contributed by atoms with Crippen LogP contribution in [0.5, 0.6) is 0 Å². The van der Waals surface area contributed by atoms with Crippen molar-refractivity contribution in [1.82, 2.24) is 20.1 Å². The van der Waals surface area contributed by atoms with Gasteiger partial charge in [0.1, 0.15) is 12.9 Å². The lowest BCUT2D eigenvalue weighted by molar-refractivity contribution is -0.141. The molecule has 160 valence electrons. The van der Waals surface area contributed by atoms with E-state index in [2.05, 4.69) is 10.3 Å². The van der Waals surface area contributed by atoms with Gasteiger partial charge in [-0.2, -0.15) is 13.2 Å². The average Bonchev–Trinajstić information content (AvgIpc) is 3.16. The highest BCUT2D eigenvalue weighted by molar-refractivity contribution is 5.79. The van der Waals surface area contributed by atoms with Gasteiger partial charge in [-0.25, -0.2) is 9.78 Å². The van der Waals surface area contributed by atoms with Gasteiger partial charge in [-0.3, -0.25) is 4.79 Å². The molecule has 3 aliphatic heterocycles. The van der Waals surface area contributed by atoms with Crippen molar-refractivity contribution in [1.29, 1.82) is 0 Å². The van der Waals surface area contributed by atoms with Crippen molar-refractivity contribution >= 4 is 11.9 Å². The molecule has 0 aromatic carbocycles. The number of aromatic nitrogens is 1. The summed E-state index contributed by atoms with van der Waals surface area (Å²) in [6.45, 7) is 2.13. The second kappa shape index (κ2) is 7.85. The van der Waals surface area contributed by atoms with Crippen molar-refractivity contribution in [3.8, 4) is 0 Å². The Hall–Kier alpha value is -2.30. The number of alkyl halides is 3. The summed E-state index contributed by atoms with van der Waals surface area (Å²) in [6, 6.07) is -0.253. The van der Waals surface area contributed by atoms with Crippen LogP contribution in [0.15, 0.2) is 10.7 Å². The number of carbonyl (C=O) groups excluding carboxylic acids is 2. The predicted molar refractivity (Wildman–Crippen MR) is 92.8 cm³/mol. The zero-order valence-corrected chi connectivity index (χ0v) is 15.8. The molecule has 0 bridgehead atoms. The molecule has 0 saturated carbocycles. The third kappa shape index (κ3) is 4.49. The molecule has 1 aromatic rings. The van der Waals surface area contributed by atoms with E-state index in [1.807, 2.05) is 0 Å². The molecule has 1 N–H and O–H groups in total. The number of fused-ring (bicyclic) bond motifs is 1. The maximum Gasteiger partial charge on any atom is 0.436 e. The van der Waals surface area contributed by atoms with E-state index in [1.54, 1.807) is 9.80 Å². The zero-order valence-electron chi connectivity index (χ0n) is 15.8. The van der Waals surface area contributed by atoms with E-state index >= 15 is 0 Å². The number of piperidine rings is 2. The van der Waals surface area contributed by atoms with Crippen LogP contribution in [-0.2, 0) is 22.1 Å². The van der Waals surface area contributed by atoms with Crippen LogP contribution in [-0.4, -0.2) is 71.7 Å². The molecular formula is C18H23F3N4O4. The van der Waals surface area contributed by atoms with Crippen LogP contribution in [0, 0.1) is 5.92 Å². The van der Waals surface area contributed by atoms with Gasteiger partial charge >= 0.3 is 12.2 Å². The highest BCUT2D eigenvalue weighted by atomic mass is 19.4. The van der Waals surface area contributed by atoms with Crippen LogP contribution in [0.4, 0.5) is 18.0 Å². The summed E-state index contributed by atoms with van der Waals surface area (Å²) in [7, 11) is 0. The molecule has 0 radical (unpaired) electrons. The molecule has 1 aromatic heterocycles. The van der Waals surface area contributed by atoms with Gasteiger partial charge in [0.05, 0.1) is 12.1 Å². The Kier molecular flexibility index (Phi) is 5.41. The third-order valence-electron chi connectivity index (χ3n) is 5.79. The van der Waals surface area contributed by atoms with E-state index < -0.39 is 11.9 Å². The van der Waals surface area contributed by atoms with Crippen LogP contribution >= 0.6 is 0 Å². The van der Waals surface area contributed by atoms with Crippen molar-refractivity contribution in [3.05, 3.63) is 17.8 Å². The summed E-state index contributed by atoms with van der Waals surface area (Å²) in [5.74, 6) is 0.0364. The fourth-order valence-corrected chi connectivity index (χ4v) is 4.18. The molecule has 3 fully saturated rings. The van der Waals surface area contributed by atoms with Crippen LogP contribution < -0.4 is 5.32 Å². The van der Waals surface area contributed by atoms with E-state index in [1.165, 1.54) is 0 Å². The number of likely N-dealkylation sites (tertiary alicyclic amines) is 2. The largest absolute Gasteiger partial charge is 0.448 e. The molecule has 0 spiro atoms. The number of hydrogen-bond donors (Lipinski definition) is 1. The first kappa shape index (κ1) is 20.0. The molecule has 11 heteroatoms. The Balaban J connectivity index is 1.26. The Morgan fingerprint density at radius 3 is 2.62 bits per heavy atom. The minimum Gasteiger partial charge on any atom is -0.448 e. The van der Waals surface area contributed by atoms with Crippen LogP contribution in [0.25, 0.3) is 0 Å². The number of nitrogens with one attached hydrogen (secondary N) is 1. The zero-order chi connectivity index (χ0) is 20.6. The number of rotatable bonds is 2. The number of morpholine rings is 1. The standard InChI is InChI=1S/C18H23F3N4O4/c19-18(20,21)14-9-29-16(23-14)7-11-1-4-24(5-2-11)17(27)25-6-3-13-12(8-25)22-15(26)10-28-13/h9,11-13H,1-8,10H2,(H,22,26)/t12-,13+/m1/s1. The fraction of sp³-hybridized carbons (Fsp3) is 0.722. The Labute approximate surface area is 165 Å². The number of oxazole rings is 1. The molecule has 2 atom stereocenters. The van der Waals surface area contributed by atoms with Gasteiger partial charge < -0.3 is 24.3 Å². The molecular weight excluding hydrogens is 393 g/mol. The lowest BCUT2D eigenvalue weighted by Crippen LogP contribution is -2.62. The quantitative estimate of drug-likeness (QED) is 0.792. The van der Waals surface area contributed by atoms with Crippen molar-refractivity contribution < 1.29 is 31.9 Å². The van der Waals surface area contributed by atoms with E-state index in [9.17, 15) is 22.8 Å². The number of halogens is 3. The number of nitrogens with zero attached hydrogens (tertiary/aromatic N) is 3. The summed E-state index contributed by atoms with van der Waals surface area (Å²) in [5, 5.41) is 2.88. The van der Waals surface area contributed by atoms with Gasteiger partial charge in [0.15, 0.2) is 11.6 Å². The molecule has 3 aliphatic rings. The first-order valence-corrected chi connectivity index (χ1v) is 9.76. The van der Waals surface area contributed by atoms with E-state index in [0.29, 0.717) is 58.1 Å².